The molecule has 0 atom stereocenters. The van der Waals surface area contributed by atoms with Crippen LogP contribution in [0.15, 0.2) is 12.7 Å². The SMILES string of the molecule is C=CCN(CCC)CCCCCN. The third-order valence-corrected chi connectivity index (χ3v) is 2.11. The van der Waals surface area contributed by atoms with Crippen molar-refractivity contribution in [1.29, 1.82) is 0 Å². The van der Waals surface area contributed by atoms with Crippen molar-refractivity contribution in [3.8, 4) is 0 Å². The first kappa shape index (κ1) is 12.7. The Balaban J connectivity index is 3.38. The summed E-state index contributed by atoms with van der Waals surface area (Å²) < 4.78 is 0. The summed E-state index contributed by atoms with van der Waals surface area (Å²) in [5.41, 5.74) is 5.43. The highest BCUT2D eigenvalue weighted by Crippen LogP contribution is 1.99. The van der Waals surface area contributed by atoms with Crippen molar-refractivity contribution >= 4 is 0 Å². The van der Waals surface area contributed by atoms with Gasteiger partial charge < -0.3 is 5.73 Å². The van der Waals surface area contributed by atoms with Crippen LogP contribution in [0.2, 0.25) is 0 Å². The van der Waals surface area contributed by atoms with Crippen LogP contribution in [0.5, 0.6) is 0 Å². The van der Waals surface area contributed by atoms with Gasteiger partial charge in [0.05, 0.1) is 0 Å². The van der Waals surface area contributed by atoms with Gasteiger partial charge in [0.25, 0.3) is 0 Å². The van der Waals surface area contributed by atoms with Crippen molar-refractivity contribution in [2.45, 2.75) is 32.6 Å². The standard InChI is InChI=1S/C11H24N2/c1-3-9-13(10-4-2)11-7-5-6-8-12/h3H,1,4-12H2,2H3. The summed E-state index contributed by atoms with van der Waals surface area (Å²) in [5, 5.41) is 0. The molecule has 0 fully saturated rings. The first-order valence-electron chi connectivity index (χ1n) is 5.38. The summed E-state index contributed by atoms with van der Waals surface area (Å²) in [7, 11) is 0. The van der Waals surface area contributed by atoms with E-state index in [1.807, 2.05) is 6.08 Å². The van der Waals surface area contributed by atoms with Crippen LogP contribution in [0.1, 0.15) is 32.6 Å². The molecular formula is C11H24N2. The minimum absolute atomic E-state index is 0.829. The van der Waals surface area contributed by atoms with E-state index in [4.69, 9.17) is 5.73 Å². The van der Waals surface area contributed by atoms with Crippen LogP contribution in [0.25, 0.3) is 0 Å². The largest absolute Gasteiger partial charge is 0.330 e. The Morgan fingerprint density at radius 1 is 1.23 bits per heavy atom. The van der Waals surface area contributed by atoms with Crippen LogP contribution in [0.4, 0.5) is 0 Å². The van der Waals surface area contributed by atoms with Crippen LogP contribution >= 0.6 is 0 Å². The van der Waals surface area contributed by atoms with E-state index in [1.165, 1.54) is 32.4 Å². The van der Waals surface area contributed by atoms with Crippen molar-refractivity contribution in [2.24, 2.45) is 5.73 Å². The smallest absolute Gasteiger partial charge is 0.0160 e. The van der Waals surface area contributed by atoms with Gasteiger partial charge in [0, 0.05) is 6.54 Å². The fourth-order valence-corrected chi connectivity index (χ4v) is 1.45. The highest BCUT2D eigenvalue weighted by molar-refractivity contribution is 4.73. The molecule has 0 bridgehead atoms. The fourth-order valence-electron chi connectivity index (χ4n) is 1.45. The summed E-state index contributed by atoms with van der Waals surface area (Å²) in [4.78, 5) is 2.45. The van der Waals surface area contributed by atoms with Crippen LogP contribution in [-0.4, -0.2) is 31.1 Å². The lowest BCUT2D eigenvalue weighted by atomic mass is 10.2. The topological polar surface area (TPSA) is 29.3 Å². The minimum Gasteiger partial charge on any atom is -0.330 e. The predicted octanol–water partition coefficient (Wildman–Crippen LogP) is 2.01. The molecule has 0 aliphatic rings. The van der Waals surface area contributed by atoms with Gasteiger partial charge in [-0.2, -0.15) is 0 Å². The van der Waals surface area contributed by atoms with Crippen LogP contribution < -0.4 is 5.73 Å². The van der Waals surface area contributed by atoms with Crippen molar-refractivity contribution in [3.63, 3.8) is 0 Å². The molecule has 0 aliphatic carbocycles. The van der Waals surface area contributed by atoms with E-state index >= 15 is 0 Å². The molecule has 78 valence electrons. The third-order valence-electron chi connectivity index (χ3n) is 2.11. The molecule has 0 unspecified atom stereocenters. The van der Waals surface area contributed by atoms with Crippen molar-refractivity contribution in [2.75, 3.05) is 26.2 Å². The van der Waals surface area contributed by atoms with E-state index in [2.05, 4.69) is 18.4 Å². The Kier molecular flexibility index (Phi) is 9.49. The lowest BCUT2D eigenvalue weighted by molar-refractivity contribution is 0.295. The average molecular weight is 184 g/mol. The van der Waals surface area contributed by atoms with E-state index in [1.54, 1.807) is 0 Å². The molecule has 2 N–H and O–H groups in total. The predicted molar refractivity (Wildman–Crippen MR) is 59.8 cm³/mol. The zero-order chi connectivity index (χ0) is 9.94. The number of nitrogens with zero attached hydrogens (tertiary/aromatic N) is 1. The summed E-state index contributed by atoms with van der Waals surface area (Å²) in [6, 6.07) is 0. The van der Waals surface area contributed by atoms with Gasteiger partial charge in [-0.05, 0) is 38.9 Å². The van der Waals surface area contributed by atoms with Crippen molar-refractivity contribution in [3.05, 3.63) is 12.7 Å². The van der Waals surface area contributed by atoms with Gasteiger partial charge in [-0.1, -0.05) is 19.4 Å². The van der Waals surface area contributed by atoms with Gasteiger partial charge in [0.2, 0.25) is 0 Å². The second-order valence-corrected chi connectivity index (χ2v) is 3.44. The summed E-state index contributed by atoms with van der Waals surface area (Å²) in [6.07, 6.45) is 6.90. The third kappa shape index (κ3) is 8.00. The highest BCUT2D eigenvalue weighted by atomic mass is 15.1. The van der Waals surface area contributed by atoms with Gasteiger partial charge in [-0.15, -0.1) is 6.58 Å². The molecule has 0 rings (SSSR count). The second-order valence-electron chi connectivity index (χ2n) is 3.44. The Morgan fingerprint density at radius 3 is 2.54 bits per heavy atom. The van der Waals surface area contributed by atoms with Crippen LogP contribution in [-0.2, 0) is 0 Å². The van der Waals surface area contributed by atoms with E-state index in [-0.39, 0.29) is 0 Å². The van der Waals surface area contributed by atoms with Crippen molar-refractivity contribution in [1.82, 2.24) is 4.90 Å². The van der Waals surface area contributed by atoms with Crippen LogP contribution in [0, 0.1) is 0 Å². The van der Waals surface area contributed by atoms with E-state index in [9.17, 15) is 0 Å². The molecular weight excluding hydrogens is 160 g/mol. The maximum absolute atomic E-state index is 5.43. The van der Waals surface area contributed by atoms with Gasteiger partial charge in [0.15, 0.2) is 0 Å². The number of hydrogen-bond acceptors (Lipinski definition) is 2. The molecule has 0 amide bonds. The maximum Gasteiger partial charge on any atom is 0.0160 e. The molecule has 0 heterocycles. The summed E-state index contributed by atoms with van der Waals surface area (Å²) in [6.45, 7) is 10.2. The fraction of sp³-hybridized carbons (Fsp3) is 0.818. The molecule has 0 aromatic heterocycles. The van der Waals surface area contributed by atoms with Crippen LogP contribution in [0.3, 0.4) is 0 Å². The van der Waals surface area contributed by atoms with Gasteiger partial charge >= 0.3 is 0 Å². The van der Waals surface area contributed by atoms with E-state index in [0.717, 1.165) is 19.5 Å². The Hall–Kier alpha value is -0.340. The molecule has 0 saturated heterocycles. The van der Waals surface area contributed by atoms with Gasteiger partial charge in [-0.25, -0.2) is 0 Å². The Morgan fingerprint density at radius 2 is 2.00 bits per heavy atom. The minimum atomic E-state index is 0.829. The number of unbranched alkanes of at least 4 members (excludes halogenated alkanes) is 2. The molecule has 2 nitrogen and oxygen atoms in total. The lowest BCUT2D eigenvalue weighted by Crippen LogP contribution is -2.25. The Labute approximate surface area is 82.8 Å². The molecule has 0 spiro atoms. The monoisotopic (exact) mass is 184 g/mol. The van der Waals surface area contributed by atoms with Crippen molar-refractivity contribution < 1.29 is 0 Å². The zero-order valence-electron chi connectivity index (χ0n) is 8.97. The molecule has 13 heavy (non-hydrogen) atoms. The quantitative estimate of drug-likeness (QED) is 0.439. The molecule has 0 radical (unpaired) electrons. The highest BCUT2D eigenvalue weighted by Gasteiger charge is 1.99. The number of hydrogen-bond donors (Lipinski definition) is 1. The lowest BCUT2D eigenvalue weighted by Gasteiger charge is -2.19. The van der Waals surface area contributed by atoms with Gasteiger partial charge in [-0.3, -0.25) is 4.90 Å². The zero-order valence-corrected chi connectivity index (χ0v) is 8.97. The molecule has 0 aromatic rings. The molecule has 0 aromatic carbocycles. The molecule has 2 heteroatoms. The Bertz CT molecular complexity index is 113. The normalized spacial score (nSPS) is 10.7. The molecule has 0 saturated carbocycles. The summed E-state index contributed by atoms with van der Waals surface area (Å²) in [5.74, 6) is 0. The van der Waals surface area contributed by atoms with Gasteiger partial charge in [0.1, 0.15) is 0 Å². The first-order valence-corrected chi connectivity index (χ1v) is 5.38. The summed E-state index contributed by atoms with van der Waals surface area (Å²) >= 11 is 0. The average Bonchev–Trinajstić information content (AvgIpc) is 2.13. The first-order chi connectivity index (χ1) is 6.35. The van der Waals surface area contributed by atoms with E-state index in [0.29, 0.717) is 0 Å². The second kappa shape index (κ2) is 9.75. The number of rotatable bonds is 9. The number of nitrogens with two attached hydrogens (primary N) is 1. The molecule has 0 aliphatic heterocycles. The van der Waals surface area contributed by atoms with E-state index < -0.39 is 0 Å². The maximum atomic E-state index is 5.43.